The molecule has 0 amide bonds. The van der Waals surface area contributed by atoms with Crippen molar-refractivity contribution >= 4 is 41.8 Å². The molecule has 8 bridgehead atoms. The lowest BCUT2D eigenvalue weighted by molar-refractivity contribution is -0.133. The highest BCUT2D eigenvalue weighted by Crippen LogP contribution is 2.51. The molecule has 0 aliphatic heterocycles. The Hall–Kier alpha value is -7.81. The fraction of sp³-hybridized carbons (Fsp3) is 0.315. The summed E-state index contributed by atoms with van der Waals surface area (Å²) in [5.74, 6) is -7.35. The molecule has 5 aromatic rings. The Labute approximate surface area is 399 Å². The second-order valence-corrected chi connectivity index (χ2v) is 17.0. The van der Waals surface area contributed by atoms with E-state index in [-0.39, 0.29) is 46.9 Å². The number of fused-ring (bicyclic) bond motifs is 8. The van der Waals surface area contributed by atoms with E-state index in [0.29, 0.717) is 50.3 Å². The number of hydrogen-bond acceptors (Lipinski definition) is 15. The first-order chi connectivity index (χ1) is 32.5. The van der Waals surface area contributed by atoms with Crippen LogP contribution in [-0.2, 0) is 40.2 Å². The van der Waals surface area contributed by atoms with Gasteiger partial charge < -0.3 is 37.9 Å². The number of rotatable bonds is 10. The van der Waals surface area contributed by atoms with Gasteiger partial charge >= 0.3 is 41.8 Å². The predicted octanol–water partition coefficient (Wildman–Crippen LogP) is 9.97. The Balaban J connectivity index is 1.82. The fourth-order valence-corrected chi connectivity index (χ4v) is 8.43. The van der Waals surface area contributed by atoms with Gasteiger partial charge in [-0.1, -0.05) is 57.5 Å². The summed E-state index contributed by atoms with van der Waals surface area (Å²) < 4.78 is 47.5. The standard InChI is InChI=1S/C54H54O15/c1-26-13-15-38(16-14-26)25-62-47-21-48(63-31(6)55)40-17-39(47)27(2)41-18-42(50(65-33(8)57)22-49(41)64-32(7)56)29(4)45-20-46(54(69-37(12)61)24-53(45)68-36(11)60)30(5)44-19-43(28(40)3)51(66-34(9)58)23-52(44)67-35(10)59/h13-24,27-30H,25H2,1-12H3/t27-,28+,29?,30?/m1/s1. The number of carbonyl (C=O) groups is 7. The van der Waals surface area contributed by atoms with Gasteiger partial charge in [0.15, 0.2) is 0 Å². The molecule has 15 nitrogen and oxygen atoms in total. The van der Waals surface area contributed by atoms with Crippen LogP contribution in [0.5, 0.6) is 46.0 Å². The van der Waals surface area contributed by atoms with Gasteiger partial charge in [-0.25, -0.2) is 0 Å². The van der Waals surface area contributed by atoms with Gasteiger partial charge in [0.05, 0.1) is 0 Å². The van der Waals surface area contributed by atoms with Crippen molar-refractivity contribution in [2.75, 3.05) is 0 Å². The molecule has 15 heteroatoms. The molecule has 69 heavy (non-hydrogen) atoms. The zero-order valence-electron chi connectivity index (χ0n) is 40.6. The highest BCUT2D eigenvalue weighted by Gasteiger charge is 2.33. The van der Waals surface area contributed by atoms with Gasteiger partial charge in [-0.15, -0.1) is 0 Å². The number of esters is 7. The van der Waals surface area contributed by atoms with E-state index in [2.05, 4.69) is 0 Å². The van der Waals surface area contributed by atoms with Crippen LogP contribution in [0.1, 0.15) is 155 Å². The first kappa shape index (κ1) is 50.6. The Morgan fingerprint density at radius 1 is 0.333 bits per heavy atom. The van der Waals surface area contributed by atoms with Crippen molar-refractivity contribution in [3.05, 3.63) is 128 Å². The Morgan fingerprint density at radius 3 is 0.754 bits per heavy atom. The summed E-state index contributed by atoms with van der Waals surface area (Å²) >= 11 is 0. The minimum absolute atomic E-state index is 0.00140. The summed E-state index contributed by atoms with van der Waals surface area (Å²) in [5, 5.41) is 0. The van der Waals surface area contributed by atoms with Crippen molar-refractivity contribution in [3.8, 4) is 46.0 Å². The van der Waals surface area contributed by atoms with E-state index in [1.54, 1.807) is 44.2 Å². The molecule has 6 rings (SSSR count). The van der Waals surface area contributed by atoms with E-state index in [0.717, 1.165) is 11.1 Å². The van der Waals surface area contributed by atoms with Crippen molar-refractivity contribution in [2.45, 2.75) is 113 Å². The fourth-order valence-electron chi connectivity index (χ4n) is 8.43. The molecule has 1 aliphatic rings. The Morgan fingerprint density at radius 2 is 0.536 bits per heavy atom. The van der Waals surface area contributed by atoms with E-state index in [1.807, 2.05) is 45.0 Å². The van der Waals surface area contributed by atoms with Crippen molar-refractivity contribution in [3.63, 3.8) is 0 Å². The van der Waals surface area contributed by atoms with E-state index < -0.39 is 65.5 Å². The Bertz CT molecular complexity index is 2870. The van der Waals surface area contributed by atoms with Crippen molar-refractivity contribution in [1.29, 1.82) is 0 Å². The summed E-state index contributed by atoms with van der Waals surface area (Å²) in [6.07, 6.45) is 0. The summed E-state index contributed by atoms with van der Waals surface area (Å²) in [5.41, 5.74) is 5.17. The average molecular weight is 943 g/mol. The summed E-state index contributed by atoms with van der Waals surface area (Å²) in [6, 6.07) is 20.5. The SMILES string of the molecule is CC(=O)Oc1cc(OC(C)=O)c2cc1C(C)c1cc(c(OC(C)=O)cc1OC(C)=O)[C@@H](C)c1cc(c(OCc3ccc(C)cc3)cc1OC(C)=O)[C@@H](C)c1cc(c(OC(C)=O)cc1OC(C)=O)C2C. The lowest BCUT2D eigenvalue weighted by Gasteiger charge is -2.28. The van der Waals surface area contributed by atoms with Gasteiger partial charge in [0.25, 0.3) is 0 Å². The van der Waals surface area contributed by atoms with Crippen LogP contribution < -0.4 is 37.9 Å². The minimum Gasteiger partial charge on any atom is -0.488 e. The third kappa shape index (κ3) is 11.8. The van der Waals surface area contributed by atoms with Crippen LogP contribution in [0.25, 0.3) is 0 Å². The maximum atomic E-state index is 12.9. The molecule has 1 aliphatic carbocycles. The van der Waals surface area contributed by atoms with Crippen molar-refractivity contribution in [2.24, 2.45) is 0 Å². The zero-order chi connectivity index (χ0) is 50.6. The van der Waals surface area contributed by atoms with E-state index in [9.17, 15) is 33.6 Å². The molecule has 0 spiro atoms. The molecule has 360 valence electrons. The summed E-state index contributed by atoms with van der Waals surface area (Å²) in [7, 11) is 0. The molecule has 0 N–H and O–H groups in total. The number of carbonyl (C=O) groups excluding carboxylic acids is 7. The molecule has 5 aromatic carbocycles. The first-order valence-electron chi connectivity index (χ1n) is 22.2. The van der Waals surface area contributed by atoms with E-state index in [1.165, 1.54) is 66.7 Å². The minimum atomic E-state index is -0.813. The van der Waals surface area contributed by atoms with Gasteiger partial charge in [-0.2, -0.15) is 0 Å². The second kappa shape index (κ2) is 21.0. The monoisotopic (exact) mass is 942 g/mol. The van der Waals surface area contributed by atoms with E-state index >= 15 is 0 Å². The number of benzene rings is 5. The summed E-state index contributed by atoms with van der Waals surface area (Å²) in [4.78, 5) is 89.8. The molecule has 4 atom stereocenters. The molecular formula is C54H54O15. The van der Waals surface area contributed by atoms with Crippen LogP contribution in [0.3, 0.4) is 0 Å². The molecular weight excluding hydrogens is 889 g/mol. The molecule has 0 heterocycles. The average Bonchev–Trinajstić information content (AvgIpc) is 3.24. The maximum Gasteiger partial charge on any atom is 0.308 e. The normalized spacial score (nSPS) is 16.0. The first-order valence-corrected chi connectivity index (χ1v) is 22.2. The lowest BCUT2D eigenvalue weighted by atomic mass is 9.80. The molecule has 0 saturated heterocycles. The van der Waals surface area contributed by atoms with Crippen molar-refractivity contribution in [1.82, 2.24) is 0 Å². The molecule has 2 unspecified atom stereocenters. The van der Waals surface area contributed by atoms with Gasteiger partial charge in [-0.05, 0) is 36.8 Å². The zero-order valence-corrected chi connectivity index (χ0v) is 40.6. The third-order valence-corrected chi connectivity index (χ3v) is 11.6. The van der Waals surface area contributed by atoms with Gasteiger partial charge in [0.1, 0.15) is 52.6 Å². The third-order valence-electron chi connectivity index (χ3n) is 11.6. The Kier molecular flexibility index (Phi) is 15.4. The molecule has 0 aromatic heterocycles. The quantitative estimate of drug-likeness (QED) is 0.0948. The summed E-state index contributed by atoms with van der Waals surface area (Å²) in [6.45, 7) is 17.9. The highest BCUT2D eigenvalue weighted by molar-refractivity contribution is 5.78. The van der Waals surface area contributed by atoms with Crippen LogP contribution in [0.15, 0.2) is 72.8 Å². The highest BCUT2D eigenvalue weighted by atomic mass is 16.6. The van der Waals surface area contributed by atoms with E-state index in [4.69, 9.17) is 37.9 Å². The maximum absolute atomic E-state index is 12.9. The predicted molar refractivity (Wildman–Crippen MR) is 251 cm³/mol. The lowest BCUT2D eigenvalue weighted by Crippen LogP contribution is -2.16. The van der Waals surface area contributed by atoms with Gasteiger partial charge in [-0.3, -0.25) is 33.6 Å². The van der Waals surface area contributed by atoms with Crippen LogP contribution in [0.4, 0.5) is 0 Å². The number of aryl methyl sites for hydroxylation is 1. The second-order valence-electron chi connectivity index (χ2n) is 17.0. The van der Waals surface area contributed by atoms with Gasteiger partial charge in [0, 0.05) is 141 Å². The number of ether oxygens (including phenoxy) is 8. The van der Waals surface area contributed by atoms with Crippen LogP contribution in [0, 0.1) is 6.92 Å². The topological polar surface area (TPSA) is 193 Å². The largest absolute Gasteiger partial charge is 0.488 e. The molecule has 0 fully saturated rings. The molecule has 0 saturated carbocycles. The van der Waals surface area contributed by atoms with Gasteiger partial charge in [0.2, 0.25) is 0 Å². The number of hydrogen-bond donors (Lipinski definition) is 0. The van der Waals surface area contributed by atoms with Crippen LogP contribution in [-0.4, -0.2) is 41.8 Å². The van der Waals surface area contributed by atoms with Crippen LogP contribution >= 0.6 is 0 Å². The molecule has 0 radical (unpaired) electrons. The smallest absolute Gasteiger partial charge is 0.308 e. The van der Waals surface area contributed by atoms with Crippen LogP contribution in [0.2, 0.25) is 0 Å². The van der Waals surface area contributed by atoms with Crippen molar-refractivity contribution < 1.29 is 71.5 Å².